The van der Waals surface area contributed by atoms with E-state index in [1.807, 2.05) is 0 Å². The number of benzene rings is 1. The maximum Gasteiger partial charge on any atom is 0.185 e. The quantitative estimate of drug-likeness (QED) is 0.816. The van der Waals surface area contributed by atoms with Gasteiger partial charge in [-0.3, -0.25) is 0 Å². The highest BCUT2D eigenvalue weighted by Crippen LogP contribution is 2.30. The molecule has 1 aliphatic heterocycles. The lowest BCUT2D eigenvalue weighted by Crippen LogP contribution is -2.17. The largest absolute Gasteiger partial charge is 0.348 e. The monoisotopic (exact) mass is 272 g/mol. The van der Waals surface area contributed by atoms with Gasteiger partial charge in [0.1, 0.15) is 0 Å². The summed E-state index contributed by atoms with van der Waals surface area (Å²) in [5.74, 6) is 0.588. The molecule has 0 spiro atoms. The Balaban J connectivity index is 1.81. The number of thiazole rings is 1. The van der Waals surface area contributed by atoms with Crippen LogP contribution in [0, 0.1) is 0 Å². The van der Waals surface area contributed by atoms with E-state index in [1.165, 1.54) is 42.2 Å². The lowest BCUT2D eigenvalue weighted by Gasteiger charge is -2.12. The first-order valence-corrected chi connectivity index (χ1v) is 7.93. The molecule has 1 aromatic heterocycles. The fourth-order valence-electron chi connectivity index (χ4n) is 2.49. The zero-order valence-corrected chi connectivity index (χ0v) is 12.4. The van der Waals surface area contributed by atoms with E-state index in [-0.39, 0.29) is 0 Å². The van der Waals surface area contributed by atoms with Gasteiger partial charge in [-0.05, 0) is 24.3 Å². The van der Waals surface area contributed by atoms with Crippen LogP contribution in [0.2, 0.25) is 0 Å². The van der Waals surface area contributed by atoms with Crippen molar-refractivity contribution in [2.24, 2.45) is 0 Å². The summed E-state index contributed by atoms with van der Waals surface area (Å²) in [6, 6.07) is 8.82. The van der Waals surface area contributed by atoms with Gasteiger partial charge in [0.15, 0.2) is 5.13 Å². The Morgan fingerprint density at radius 3 is 2.42 bits per heavy atom. The molecular formula is C16H20N2S. The summed E-state index contributed by atoms with van der Waals surface area (Å²) < 4.78 is 0. The van der Waals surface area contributed by atoms with Crippen LogP contribution in [0.5, 0.6) is 0 Å². The van der Waals surface area contributed by atoms with E-state index in [0.717, 1.165) is 5.69 Å². The van der Waals surface area contributed by atoms with E-state index < -0.39 is 0 Å². The molecule has 1 fully saturated rings. The lowest BCUT2D eigenvalue weighted by molar-refractivity contribution is 0.867. The molecule has 0 amide bonds. The van der Waals surface area contributed by atoms with Crippen LogP contribution in [0.25, 0.3) is 11.3 Å². The molecule has 0 unspecified atom stereocenters. The van der Waals surface area contributed by atoms with Crippen LogP contribution in [-0.2, 0) is 0 Å². The van der Waals surface area contributed by atoms with Crippen LogP contribution >= 0.6 is 11.3 Å². The van der Waals surface area contributed by atoms with Crippen molar-refractivity contribution < 1.29 is 0 Å². The van der Waals surface area contributed by atoms with Gasteiger partial charge in [-0.1, -0.05) is 38.1 Å². The molecule has 0 atom stereocenters. The molecule has 3 rings (SSSR count). The van der Waals surface area contributed by atoms with Crippen LogP contribution in [0.3, 0.4) is 0 Å². The van der Waals surface area contributed by atoms with Gasteiger partial charge in [-0.25, -0.2) is 4.98 Å². The smallest absolute Gasteiger partial charge is 0.185 e. The Morgan fingerprint density at radius 2 is 1.79 bits per heavy atom. The Bertz CT molecular complexity index is 536. The zero-order chi connectivity index (χ0) is 13.2. The van der Waals surface area contributed by atoms with Gasteiger partial charge in [0.2, 0.25) is 0 Å². The number of hydrogen-bond acceptors (Lipinski definition) is 3. The van der Waals surface area contributed by atoms with E-state index in [2.05, 4.69) is 48.4 Å². The van der Waals surface area contributed by atoms with Crippen molar-refractivity contribution in [3.63, 3.8) is 0 Å². The van der Waals surface area contributed by atoms with Crippen LogP contribution in [0.1, 0.15) is 38.2 Å². The van der Waals surface area contributed by atoms with Crippen molar-refractivity contribution >= 4 is 16.5 Å². The summed E-state index contributed by atoms with van der Waals surface area (Å²) in [4.78, 5) is 7.18. The minimum Gasteiger partial charge on any atom is -0.348 e. The van der Waals surface area contributed by atoms with Gasteiger partial charge < -0.3 is 4.90 Å². The summed E-state index contributed by atoms with van der Waals surface area (Å²) in [5.41, 5.74) is 3.73. The van der Waals surface area contributed by atoms with E-state index in [4.69, 9.17) is 4.98 Å². The molecule has 2 aromatic rings. The second kappa shape index (κ2) is 5.33. The summed E-state index contributed by atoms with van der Waals surface area (Å²) in [5, 5.41) is 3.36. The summed E-state index contributed by atoms with van der Waals surface area (Å²) >= 11 is 1.77. The lowest BCUT2D eigenvalue weighted by atomic mass is 10.0. The van der Waals surface area contributed by atoms with Crippen LogP contribution < -0.4 is 4.90 Å². The number of rotatable bonds is 3. The molecule has 100 valence electrons. The Labute approximate surface area is 119 Å². The van der Waals surface area contributed by atoms with Gasteiger partial charge in [0.05, 0.1) is 5.69 Å². The molecule has 1 aliphatic rings. The fourth-order valence-corrected chi connectivity index (χ4v) is 3.38. The van der Waals surface area contributed by atoms with E-state index >= 15 is 0 Å². The number of nitrogens with zero attached hydrogens (tertiary/aromatic N) is 2. The standard InChI is InChI=1S/C16H20N2S/c1-12(2)13-5-7-14(8-6-13)15-11-19-16(17-15)18-9-3-4-10-18/h5-8,11-12H,3-4,9-10H2,1-2H3. The fraction of sp³-hybridized carbons (Fsp3) is 0.438. The predicted octanol–water partition coefficient (Wildman–Crippen LogP) is 4.53. The molecule has 1 aromatic carbocycles. The first-order valence-electron chi connectivity index (χ1n) is 7.05. The molecule has 0 bridgehead atoms. The van der Waals surface area contributed by atoms with Gasteiger partial charge in [0.25, 0.3) is 0 Å². The molecule has 19 heavy (non-hydrogen) atoms. The van der Waals surface area contributed by atoms with Crippen LogP contribution in [-0.4, -0.2) is 18.1 Å². The second-order valence-corrected chi connectivity index (χ2v) is 6.32. The highest BCUT2D eigenvalue weighted by Gasteiger charge is 2.16. The average molecular weight is 272 g/mol. The van der Waals surface area contributed by atoms with Crippen molar-refractivity contribution in [1.82, 2.24) is 4.98 Å². The third-order valence-corrected chi connectivity index (χ3v) is 4.64. The third kappa shape index (κ3) is 2.66. The van der Waals surface area contributed by atoms with E-state index in [1.54, 1.807) is 11.3 Å². The maximum absolute atomic E-state index is 4.78. The van der Waals surface area contributed by atoms with Gasteiger partial charge in [-0.15, -0.1) is 11.3 Å². The number of hydrogen-bond donors (Lipinski definition) is 0. The molecular weight excluding hydrogens is 252 g/mol. The predicted molar refractivity (Wildman–Crippen MR) is 83.1 cm³/mol. The van der Waals surface area contributed by atoms with E-state index in [9.17, 15) is 0 Å². The van der Waals surface area contributed by atoms with Crippen molar-refractivity contribution in [3.05, 3.63) is 35.2 Å². The van der Waals surface area contributed by atoms with Gasteiger partial charge in [0, 0.05) is 24.0 Å². The Hall–Kier alpha value is -1.35. The third-order valence-electron chi connectivity index (χ3n) is 3.74. The Kier molecular flexibility index (Phi) is 3.56. The van der Waals surface area contributed by atoms with Crippen molar-refractivity contribution in [2.45, 2.75) is 32.6 Å². The van der Waals surface area contributed by atoms with Crippen molar-refractivity contribution in [2.75, 3.05) is 18.0 Å². The van der Waals surface area contributed by atoms with Gasteiger partial charge in [-0.2, -0.15) is 0 Å². The molecule has 2 heterocycles. The molecule has 0 radical (unpaired) electrons. The summed E-state index contributed by atoms with van der Waals surface area (Å²) in [6.07, 6.45) is 2.61. The molecule has 0 saturated carbocycles. The van der Waals surface area contributed by atoms with Crippen molar-refractivity contribution in [1.29, 1.82) is 0 Å². The first kappa shape index (κ1) is 12.7. The van der Waals surface area contributed by atoms with E-state index in [0.29, 0.717) is 5.92 Å². The highest BCUT2D eigenvalue weighted by atomic mass is 32.1. The minimum atomic E-state index is 0.588. The topological polar surface area (TPSA) is 16.1 Å². The number of aromatic nitrogens is 1. The normalized spacial score (nSPS) is 15.4. The zero-order valence-electron chi connectivity index (χ0n) is 11.6. The number of anilines is 1. The SMILES string of the molecule is CC(C)c1ccc(-c2csc(N3CCCC3)n2)cc1. The van der Waals surface area contributed by atoms with Crippen LogP contribution in [0.4, 0.5) is 5.13 Å². The second-order valence-electron chi connectivity index (χ2n) is 5.49. The highest BCUT2D eigenvalue weighted by molar-refractivity contribution is 7.14. The van der Waals surface area contributed by atoms with Crippen molar-refractivity contribution in [3.8, 4) is 11.3 Å². The average Bonchev–Trinajstić information content (AvgIpc) is 3.10. The van der Waals surface area contributed by atoms with Crippen LogP contribution in [0.15, 0.2) is 29.6 Å². The molecule has 1 saturated heterocycles. The maximum atomic E-state index is 4.78. The molecule has 2 nitrogen and oxygen atoms in total. The molecule has 3 heteroatoms. The van der Waals surface area contributed by atoms with Gasteiger partial charge >= 0.3 is 0 Å². The minimum absolute atomic E-state index is 0.588. The first-order chi connectivity index (χ1) is 9.24. The summed E-state index contributed by atoms with van der Waals surface area (Å²) in [7, 11) is 0. The molecule has 0 aliphatic carbocycles. The summed E-state index contributed by atoms with van der Waals surface area (Å²) in [6.45, 7) is 6.78. The molecule has 0 N–H and O–H groups in total. The Morgan fingerprint density at radius 1 is 1.11 bits per heavy atom.